The average Bonchev–Trinajstić information content (AvgIpc) is 3.04. The Morgan fingerprint density at radius 3 is 2.53 bits per heavy atom. The first-order chi connectivity index (χ1) is 8.12. The first-order valence-electron chi connectivity index (χ1n) is 6.03. The van der Waals surface area contributed by atoms with Crippen LogP contribution in [0, 0.1) is 5.41 Å². The summed E-state index contributed by atoms with van der Waals surface area (Å²) in [5.74, 6) is 1.18. The Morgan fingerprint density at radius 1 is 1.29 bits per heavy atom. The van der Waals surface area contributed by atoms with E-state index >= 15 is 0 Å². The third-order valence-corrected chi connectivity index (χ3v) is 4.82. The molecule has 0 aromatic heterocycles. The lowest BCUT2D eigenvalue weighted by Crippen LogP contribution is -2.19. The van der Waals surface area contributed by atoms with Crippen molar-refractivity contribution in [2.24, 2.45) is 5.41 Å². The third-order valence-electron chi connectivity index (χ3n) is 3.14. The SMILES string of the molecule is COCCCCS(=O)CC1(CC(=O)OC)CC1. The van der Waals surface area contributed by atoms with E-state index in [1.54, 1.807) is 7.11 Å². The molecule has 0 aromatic rings. The monoisotopic (exact) mass is 262 g/mol. The van der Waals surface area contributed by atoms with Crippen molar-refractivity contribution in [2.75, 3.05) is 32.3 Å². The van der Waals surface area contributed by atoms with Gasteiger partial charge in [0.25, 0.3) is 0 Å². The van der Waals surface area contributed by atoms with Gasteiger partial charge in [0.05, 0.1) is 13.5 Å². The number of hydrogen-bond acceptors (Lipinski definition) is 4. The van der Waals surface area contributed by atoms with Crippen molar-refractivity contribution >= 4 is 16.8 Å². The zero-order valence-electron chi connectivity index (χ0n) is 10.7. The molecule has 0 spiro atoms. The highest BCUT2D eigenvalue weighted by molar-refractivity contribution is 7.85. The second-order valence-corrected chi connectivity index (χ2v) is 6.32. The number of carbonyl (C=O) groups is 1. The van der Waals surface area contributed by atoms with E-state index in [0.29, 0.717) is 17.9 Å². The van der Waals surface area contributed by atoms with Crippen molar-refractivity contribution in [1.29, 1.82) is 0 Å². The van der Waals surface area contributed by atoms with E-state index < -0.39 is 10.8 Å². The lowest BCUT2D eigenvalue weighted by molar-refractivity contribution is -0.141. The fourth-order valence-corrected chi connectivity index (χ4v) is 3.59. The zero-order chi connectivity index (χ0) is 12.7. The van der Waals surface area contributed by atoms with Gasteiger partial charge in [-0.05, 0) is 31.1 Å². The van der Waals surface area contributed by atoms with E-state index in [1.165, 1.54) is 7.11 Å². The van der Waals surface area contributed by atoms with Crippen LogP contribution < -0.4 is 0 Å². The lowest BCUT2D eigenvalue weighted by atomic mass is 10.1. The van der Waals surface area contributed by atoms with Gasteiger partial charge in [-0.25, -0.2) is 0 Å². The molecule has 17 heavy (non-hydrogen) atoms. The van der Waals surface area contributed by atoms with Gasteiger partial charge in [-0.1, -0.05) is 0 Å². The van der Waals surface area contributed by atoms with E-state index in [2.05, 4.69) is 4.74 Å². The van der Waals surface area contributed by atoms with E-state index in [4.69, 9.17) is 4.74 Å². The molecule has 0 saturated heterocycles. The van der Waals surface area contributed by atoms with Gasteiger partial charge in [-0.3, -0.25) is 9.00 Å². The number of rotatable bonds is 9. The second kappa shape index (κ2) is 7.11. The highest BCUT2D eigenvalue weighted by atomic mass is 32.2. The van der Waals surface area contributed by atoms with Gasteiger partial charge >= 0.3 is 5.97 Å². The summed E-state index contributed by atoms with van der Waals surface area (Å²) in [6.07, 6.45) is 4.31. The number of unbranched alkanes of at least 4 members (excludes halogenated alkanes) is 1. The largest absolute Gasteiger partial charge is 0.469 e. The molecule has 0 aromatic carbocycles. The van der Waals surface area contributed by atoms with E-state index in [9.17, 15) is 9.00 Å². The Bertz CT molecular complexity index is 274. The van der Waals surface area contributed by atoms with Crippen LogP contribution in [0.3, 0.4) is 0 Å². The van der Waals surface area contributed by atoms with Crippen LogP contribution in [0.4, 0.5) is 0 Å². The van der Waals surface area contributed by atoms with E-state index in [0.717, 1.165) is 32.3 Å². The van der Waals surface area contributed by atoms with Crippen LogP contribution in [0.5, 0.6) is 0 Å². The molecule has 1 saturated carbocycles. The van der Waals surface area contributed by atoms with Gasteiger partial charge in [0.15, 0.2) is 0 Å². The zero-order valence-corrected chi connectivity index (χ0v) is 11.5. The van der Waals surface area contributed by atoms with Crippen LogP contribution in [-0.2, 0) is 25.1 Å². The molecule has 0 N–H and O–H groups in total. The molecule has 0 bridgehead atoms. The van der Waals surface area contributed by atoms with Crippen LogP contribution in [0.1, 0.15) is 32.1 Å². The standard InChI is InChI=1S/C12H22O4S/c1-15-7-3-4-8-17(14)10-12(5-6-12)9-11(13)16-2/h3-10H2,1-2H3. The molecule has 4 nitrogen and oxygen atoms in total. The van der Waals surface area contributed by atoms with Crippen LogP contribution in [0.25, 0.3) is 0 Å². The smallest absolute Gasteiger partial charge is 0.306 e. The summed E-state index contributed by atoms with van der Waals surface area (Å²) in [5, 5.41) is 0. The summed E-state index contributed by atoms with van der Waals surface area (Å²) in [6, 6.07) is 0. The van der Waals surface area contributed by atoms with Gasteiger partial charge in [0, 0.05) is 36.0 Å². The molecule has 0 radical (unpaired) electrons. The number of methoxy groups -OCH3 is 2. The number of carbonyl (C=O) groups excluding carboxylic acids is 1. The van der Waals surface area contributed by atoms with Crippen molar-refractivity contribution in [3.63, 3.8) is 0 Å². The Kier molecular flexibility index (Phi) is 6.12. The van der Waals surface area contributed by atoms with Gasteiger partial charge < -0.3 is 9.47 Å². The Morgan fingerprint density at radius 2 is 2.00 bits per heavy atom. The highest BCUT2D eigenvalue weighted by Gasteiger charge is 2.45. The molecule has 1 atom stereocenters. The molecule has 1 fully saturated rings. The Balaban J connectivity index is 2.19. The minimum Gasteiger partial charge on any atom is -0.469 e. The van der Waals surface area contributed by atoms with Crippen LogP contribution >= 0.6 is 0 Å². The Labute approximate surface area is 106 Å². The minimum absolute atomic E-state index is 0.0147. The molecule has 1 unspecified atom stereocenters. The molecular formula is C12H22O4S. The summed E-state index contributed by atoms with van der Waals surface area (Å²) in [7, 11) is 2.26. The Hall–Kier alpha value is -0.420. The van der Waals surface area contributed by atoms with E-state index in [-0.39, 0.29) is 11.4 Å². The van der Waals surface area contributed by atoms with Crippen LogP contribution in [-0.4, -0.2) is 42.5 Å². The summed E-state index contributed by atoms with van der Waals surface area (Å²) in [6.45, 7) is 0.727. The second-order valence-electron chi connectivity index (χ2n) is 4.74. The van der Waals surface area contributed by atoms with Crippen molar-refractivity contribution in [3.05, 3.63) is 0 Å². The lowest BCUT2D eigenvalue weighted by Gasteiger charge is -2.12. The topological polar surface area (TPSA) is 52.6 Å². The predicted molar refractivity (Wildman–Crippen MR) is 67.3 cm³/mol. The third kappa shape index (κ3) is 5.64. The van der Waals surface area contributed by atoms with Crippen molar-refractivity contribution in [3.8, 4) is 0 Å². The fraction of sp³-hybridized carbons (Fsp3) is 0.917. The highest BCUT2D eigenvalue weighted by Crippen LogP contribution is 2.49. The summed E-state index contributed by atoms with van der Waals surface area (Å²) in [5.41, 5.74) is -0.0147. The molecule has 0 amide bonds. The number of esters is 1. The van der Waals surface area contributed by atoms with Gasteiger partial charge in [0.1, 0.15) is 0 Å². The van der Waals surface area contributed by atoms with Crippen LogP contribution in [0.2, 0.25) is 0 Å². The molecule has 1 aliphatic carbocycles. The maximum atomic E-state index is 11.8. The van der Waals surface area contributed by atoms with E-state index in [1.807, 2.05) is 0 Å². The molecule has 0 aliphatic heterocycles. The minimum atomic E-state index is -0.812. The van der Waals surface area contributed by atoms with Crippen LogP contribution in [0.15, 0.2) is 0 Å². The first kappa shape index (κ1) is 14.6. The molecule has 1 rings (SSSR count). The van der Waals surface area contributed by atoms with Crippen molar-refractivity contribution < 1.29 is 18.5 Å². The van der Waals surface area contributed by atoms with Gasteiger partial charge in [0.2, 0.25) is 0 Å². The summed E-state index contributed by atoms with van der Waals surface area (Å²) >= 11 is 0. The maximum absolute atomic E-state index is 11.8. The van der Waals surface area contributed by atoms with Gasteiger partial charge in [-0.15, -0.1) is 0 Å². The molecule has 1 aliphatic rings. The normalized spacial score (nSPS) is 18.7. The number of ether oxygens (including phenoxy) is 2. The number of hydrogen-bond donors (Lipinski definition) is 0. The molecule has 0 heterocycles. The first-order valence-corrected chi connectivity index (χ1v) is 7.51. The fourth-order valence-electron chi connectivity index (χ4n) is 1.85. The average molecular weight is 262 g/mol. The molecule has 5 heteroatoms. The predicted octanol–water partition coefficient (Wildman–Crippen LogP) is 1.50. The van der Waals surface area contributed by atoms with Crippen molar-refractivity contribution in [2.45, 2.75) is 32.1 Å². The van der Waals surface area contributed by atoms with Gasteiger partial charge in [-0.2, -0.15) is 0 Å². The quantitative estimate of drug-likeness (QED) is 0.467. The van der Waals surface area contributed by atoms with Crippen molar-refractivity contribution in [1.82, 2.24) is 0 Å². The molecular weight excluding hydrogens is 240 g/mol. The summed E-state index contributed by atoms with van der Waals surface area (Å²) < 4.78 is 21.5. The summed E-state index contributed by atoms with van der Waals surface area (Å²) in [4.78, 5) is 11.2. The maximum Gasteiger partial charge on any atom is 0.306 e. The molecule has 100 valence electrons.